The number of pyridine rings is 1. The molecule has 0 spiro atoms. The van der Waals surface area contributed by atoms with Gasteiger partial charge in [0.2, 0.25) is 0 Å². The van der Waals surface area contributed by atoms with Crippen LogP contribution in [0.5, 0.6) is 0 Å². The lowest BCUT2D eigenvalue weighted by atomic mass is 10.1. The summed E-state index contributed by atoms with van der Waals surface area (Å²) in [4.78, 5) is 4.02. The molecule has 3 rings (SSSR count). The second-order valence-corrected chi connectivity index (χ2v) is 8.26. The summed E-state index contributed by atoms with van der Waals surface area (Å²) in [5.41, 5.74) is 1.61. The third-order valence-electron chi connectivity index (χ3n) is 4.16. The van der Waals surface area contributed by atoms with Gasteiger partial charge in [-0.3, -0.25) is 4.98 Å². The molecule has 0 fully saturated rings. The summed E-state index contributed by atoms with van der Waals surface area (Å²) in [5, 5.41) is 3.70. The van der Waals surface area contributed by atoms with Crippen LogP contribution in [0.2, 0.25) is 0 Å². The van der Waals surface area contributed by atoms with Crippen molar-refractivity contribution in [3.63, 3.8) is 0 Å². The molecule has 0 aliphatic carbocycles. The first kappa shape index (κ1) is 19.1. The molecule has 27 heavy (non-hydrogen) atoms. The lowest BCUT2D eigenvalue weighted by molar-refractivity contribution is -0.141. The van der Waals surface area contributed by atoms with Gasteiger partial charge in [-0.25, -0.2) is 13.1 Å². The standard InChI is InChI=1S/C18H16F3N3O2S/c1-11-4-5-13(8-12(11)2)24-16(9-17(23-24)18(19,20)21)15-7-6-14(10-22-15)27(3,25)26/h4-10H,1-3H3. The van der Waals surface area contributed by atoms with Gasteiger partial charge in [-0.1, -0.05) is 6.07 Å². The summed E-state index contributed by atoms with van der Waals surface area (Å²) in [6, 6.07) is 8.77. The second kappa shape index (κ2) is 6.49. The zero-order valence-electron chi connectivity index (χ0n) is 14.7. The highest BCUT2D eigenvalue weighted by Crippen LogP contribution is 2.33. The molecular weight excluding hydrogens is 379 g/mol. The molecule has 0 saturated carbocycles. The molecule has 0 atom stereocenters. The minimum absolute atomic E-state index is 0.0143. The van der Waals surface area contributed by atoms with Crippen LogP contribution in [0.15, 0.2) is 47.5 Å². The Kier molecular flexibility index (Phi) is 4.59. The van der Waals surface area contributed by atoms with Crippen molar-refractivity contribution in [3.8, 4) is 17.1 Å². The third-order valence-corrected chi connectivity index (χ3v) is 5.26. The molecule has 5 nitrogen and oxygen atoms in total. The van der Waals surface area contributed by atoms with Crippen molar-refractivity contribution >= 4 is 9.84 Å². The summed E-state index contributed by atoms with van der Waals surface area (Å²) in [6.45, 7) is 3.75. The first-order valence-electron chi connectivity index (χ1n) is 7.88. The van der Waals surface area contributed by atoms with E-state index < -0.39 is 21.7 Å². The number of rotatable bonds is 3. The van der Waals surface area contributed by atoms with Crippen molar-refractivity contribution in [2.45, 2.75) is 24.9 Å². The first-order chi connectivity index (χ1) is 12.5. The maximum absolute atomic E-state index is 13.2. The molecule has 0 bridgehead atoms. The smallest absolute Gasteiger partial charge is 0.253 e. The minimum Gasteiger partial charge on any atom is -0.253 e. The van der Waals surface area contributed by atoms with E-state index in [0.29, 0.717) is 5.69 Å². The van der Waals surface area contributed by atoms with E-state index >= 15 is 0 Å². The van der Waals surface area contributed by atoms with Gasteiger partial charge < -0.3 is 0 Å². The maximum Gasteiger partial charge on any atom is 0.435 e. The molecule has 0 unspecified atom stereocenters. The van der Waals surface area contributed by atoms with Gasteiger partial charge in [0, 0.05) is 12.5 Å². The summed E-state index contributed by atoms with van der Waals surface area (Å²) in [7, 11) is -3.46. The number of hydrogen-bond acceptors (Lipinski definition) is 4. The van der Waals surface area contributed by atoms with Crippen LogP contribution in [0.25, 0.3) is 17.1 Å². The molecule has 2 heterocycles. The first-order valence-corrected chi connectivity index (χ1v) is 9.77. The third kappa shape index (κ3) is 3.87. The Bertz CT molecular complexity index is 1100. The highest BCUT2D eigenvalue weighted by Gasteiger charge is 2.35. The Morgan fingerprint density at radius 1 is 1.00 bits per heavy atom. The van der Waals surface area contributed by atoms with Gasteiger partial charge in [0.25, 0.3) is 0 Å². The molecule has 0 radical (unpaired) electrons. The predicted molar refractivity (Wildman–Crippen MR) is 94.4 cm³/mol. The van der Waals surface area contributed by atoms with Crippen LogP contribution in [-0.2, 0) is 16.0 Å². The van der Waals surface area contributed by atoms with E-state index in [1.807, 2.05) is 13.8 Å². The topological polar surface area (TPSA) is 64.8 Å². The Morgan fingerprint density at radius 2 is 1.70 bits per heavy atom. The Morgan fingerprint density at radius 3 is 2.22 bits per heavy atom. The Hall–Kier alpha value is -2.68. The van der Waals surface area contributed by atoms with Gasteiger partial charge in [0.05, 0.1) is 22.0 Å². The van der Waals surface area contributed by atoms with E-state index in [4.69, 9.17) is 0 Å². The fraction of sp³-hybridized carbons (Fsp3) is 0.222. The van der Waals surface area contributed by atoms with Crippen LogP contribution in [-0.4, -0.2) is 29.4 Å². The van der Waals surface area contributed by atoms with E-state index in [1.54, 1.807) is 18.2 Å². The van der Waals surface area contributed by atoms with Gasteiger partial charge in [-0.05, 0) is 55.3 Å². The van der Waals surface area contributed by atoms with Crippen LogP contribution in [0.1, 0.15) is 16.8 Å². The van der Waals surface area contributed by atoms with Gasteiger partial charge in [-0.15, -0.1) is 0 Å². The van der Waals surface area contributed by atoms with Crippen molar-refractivity contribution in [2.24, 2.45) is 0 Å². The van der Waals surface area contributed by atoms with Crippen LogP contribution in [0.4, 0.5) is 13.2 Å². The van der Waals surface area contributed by atoms with Crippen LogP contribution < -0.4 is 0 Å². The Balaban J connectivity index is 2.19. The molecule has 0 saturated heterocycles. The van der Waals surface area contributed by atoms with Crippen molar-refractivity contribution in [1.29, 1.82) is 0 Å². The van der Waals surface area contributed by atoms with Crippen molar-refractivity contribution < 1.29 is 21.6 Å². The summed E-state index contributed by atoms with van der Waals surface area (Å²) >= 11 is 0. The molecule has 142 valence electrons. The number of aryl methyl sites for hydroxylation is 2. The predicted octanol–water partition coefficient (Wildman–Crippen LogP) is 3.97. The quantitative estimate of drug-likeness (QED) is 0.673. The average molecular weight is 395 g/mol. The van der Waals surface area contributed by atoms with E-state index in [1.165, 1.54) is 12.1 Å². The lowest BCUT2D eigenvalue weighted by Crippen LogP contribution is -2.07. The normalized spacial score (nSPS) is 12.4. The number of alkyl halides is 3. The number of sulfone groups is 1. The monoisotopic (exact) mass is 395 g/mol. The SMILES string of the molecule is Cc1ccc(-n2nc(C(F)(F)F)cc2-c2ccc(S(C)(=O)=O)cn2)cc1C. The number of halogens is 3. The molecular formula is C18H16F3N3O2S. The molecule has 3 aromatic rings. The molecule has 0 amide bonds. The van der Waals surface area contributed by atoms with Gasteiger partial charge in [0.15, 0.2) is 15.5 Å². The highest BCUT2D eigenvalue weighted by molar-refractivity contribution is 7.90. The van der Waals surface area contributed by atoms with E-state index in [2.05, 4.69) is 10.1 Å². The molecule has 0 aliphatic heterocycles. The van der Waals surface area contributed by atoms with E-state index in [-0.39, 0.29) is 16.3 Å². The van der Waals surface area contributed by atoms with Crippen molar-refractivity contribution in [1.82, 2.24) is 14.8 Å². The number of benzene rings is 1. The minimum atomic E-state index is -4.62. The van der Waals surface area contributed by atoms with Crippen LogP contribution in [0.3, 0.4) is 0 Å². The summed E-state index contributed by atoms with van der Waals surface area (Å²) < 4.78 is 63.9. The lowest BCUT2D eigenvalue weighted by Gasteiger charge is -2.10. The van der Waals surface area contributed by atoms with Gasteiger partial charge in [0.1, 0.15) is 0 Å². The zero-order chi connectivity index (χ0) is 20.0. The van der Waals surface area contributed by atoms with E-state index in [9.17, 15) is 21.6 Å². The number of nitrogens with zero attached hydrogens (tertiary/aromatic N) is 3. The fourth-order valence-electron chi connectivity index (χ4n) is 2.51. The van der Waals surface area contributed by atoms with Crippen LogP contribution in [0, 0.1) is 13.8 Å². The van der Waals surface area contributed by atoms with Crippen molar-refractivity contribution in [3.05, 3.63) is 59.4 Å². The molecule has 0 N–H and O–H groups in total. The molecule has 9 heteroatoms. The molecule has 1 aromatic carbocycles. The van der Waals surface area contributed by atoms with E-state index in [0.717, 1.165) is 34.3 Å². The zero-order valence-corrected chi connectivity index (χ0v) is 15.6. The highest BCUT2D eigenvalue weighted by atomic mass is 32.2. The number of aromatic nitrogens is 3. The van der Waals surface area contributed by atoms with Gasteiger partial charge in [-0.2, -0.15) is 18.3 Å². The maximum atomic E-state index is 13.2. The largest absolute Gasteiger partial charge is 0.435 e. The summed E-state index contributed by atoms with van der Waals surface area (Å²) in [5.74, 6) is 0. The average Bonchev–Trinajstić information content (AvgIpc) is 3.02. The molecule has 0 aliphatic rings. The van der Waals surface area contributed by atoms with Crippen LogP contribution >= 0.6 is 0 Å². The van der Waals surface area contributed by atoms with Gasteiger partial charge >= 0.3 is 6.18 Å². The fourth-order valence-corrected chi connectivity index (χ4v) is 3.07. The Labute approximate surface area is 154 Å². The van der Waals surface area contributed by atoms with Crippen molar-refractivity contribution in [2.75, 3.05) is 6.26 Å². The number of hydrogen-bond donors (Lipinski definition) is 0. The second-order valence-electron chi connectivity index (χ2n) is 6.24. The molecule has 2 aromatic heterocycles. The summed E-state index contributed by atoms with van der Waals surface area (Å²) in [6.07, 6.45) is -2.47.